The maximum Gasteiger partial charge on any atom is 0.103 e. The number of halogens is 1. The molecule has 2 saturated carbocycles. The lowest BCUT2D eigenvalue weighted by molar-refractivity contribution is 0.231. The Hall–Kier alpha value is -0.0700. The van der Waals surface area contributed by atoms with E-state index in [0.717, 1.165) is 12.3 Å². The molecule has 8 heavy (non-hydrogen) atoms. The minimum atomic E-state index is -0.422. The molecular weight excluding hydrogens is 103 g/mol. The van der Waals surface area contributed by atoms with E-state index >= 15 is 0 Å². The van der Waals surface area contributed by atoms with Crippen molar-refractivity contribution in [2.75, 3.05) is 0 Å². The van der Waals surface area contributed by atoms with Gasteiger partial charge in [-0.25, -0.2) is 4.39 Å². The summed E-state index contributed by atoms with van der Waals surface area (Å²) >= 11 is 0. The van der Waals surface area contributed by atoms with Crippen molar-refractivity contribution in [2.24, 2.45) is 11.8 Å². The Labute approximate surface area is 49.1 Å². The van der Waals surface area contributed by atoms with E-state index in [4.69, 9.17) is 0 Å². The van der Waals surface area contributed by atoms with Crippen LogP contribution in [0, 0.1) is 11.8 Å². The summed E-state index contributed by atoms with van der Waals surface area (Å²) in [6.45, 7) is 0. The van der Waals surface area contributed by atoms with E-state index in [1.807, 2.05) is 0 Å². The Morgan fingerprint density at radius 2 is 2.00 bits per heavy atom. The van der Waals surface area contributed by atoms with Gasteiger partial charge in [-0.05, 0) is 37.5 Å². The van der Waals surface area contributed by atoms with E-state index in [1.54, 1.807) is 0 Å². The maximum absolute atomic E-state index is 12.6. The fourth-order valence-corrected chi connectivity index (χ4v) is 2.17. The van der Waals surface area contributed by atoms with E-state index in [-0.39, 0.29) is 0 Å². The SMILES string of the molecule is F[C@H]1C[C@@H]2CC[C@H]1C2. The van der Waals surface area contributed by atoms with Crippen LogP contribution >= 0.6 is 0 Å². The van der Waals surface area contributed by atoms with E-state index in [2.05, 4.69) is 0 Å². The fourth-order valence-electron chi connectivity index (χ4n) is 2.17. The molecule has 0 aromatic carbocycles. The summed E-state index contributed by atoms with van der Waals surface area (Å²) in [5.74, 6) is 1.25. The van der Waals surface area contributed by atoms with Crippen LogP contribution in [-0.2, 0) is 0 Å². The molecule has 46 valence electrons. The molecule has 2 rings (SSSR count). The van der Waals surface area contributed by atoms with Crippen LogP contribution in [0.4, 0.5) is 4.39 Å². The third-order valence-electron chi connectivity index (χ3n) is 2.65. The molecule has 0 spiro atoms. The lowest BCUT2D eigenvalue weighted by Gasteiger charge is -2.11. The Morgan fingerprint density at radius 1 is 1.12 bits per heavy atom. The summed E-state index contributed by atoms with van der Waals surface area (Å²) < 4.78 is 12.6. The predicted molar refractivity (Wildman–Crippen MR) is 30.3 cm³/mol. The first-order chi connectivity index (χ1) is 3.86. The van der Waals surface area contributed by atoms with Crippen molar-refractivity contribution in [3.05, 3.63) is 0 Å². The van der Waals surface area contributed by atoms with Crippen LogP contribution in [-0.4, -0.2) is 6.17 Å². The summed E-state index contributed by atoms with van der Waals surface area (Å²) in [7, 11) is 0. The molecule has 0 nitrogen and oxygen atoms in total. The van der Waals surface area contributed by atoms with Crippen molar-refractivity contribution >= 4 is 0 Å². The Bertz CT molecular complexity index is 98.6. The van der Waals surface area contributed by atoms with Crippen molar-refractivity contribution in [3.8, 4) is 0 Å². The number of rotatable bonds is 0. The van der Waals surface area contributed by atoms with Crippen molar-refractivity contribution < 1.29 is 4.39 Å². The standard InChI is InChI=1S/C7H11F/c8-7-4-5-1-2-6(7)3-5/h5-7H,1-4H2/t5-,6+,7+/m1/s1. The molecule has 2 aliphatic rings. The Morgan fingerprint density at radius 3 is 2.25 bits per heavy atom. The van der Waals surface area contributed by atoms with Gasteiger partial charge in [0.2, 0.25) is 0 Å². The molecule has 0 amide bonds. The van der Waals surface area contributed by atoms with Gasteiger partial charge in [-0.1, -0.05) is 0 Å². The van der Waals surface area contributed by atoms with Crippen molar-refractivity contribution in [3.63, 3.8) is 0 Å². The van der Waals surface area contributed by atoms with E-state index < -0.39 is 6.17 Å². The van der Waals surface area contributed by atoms with Crippen LogP contribution < -0.4 is 0 Å². The van der Waals surface area contributed by atoms with Crippen LogP contribution in [0.3, 0.4) is 0 Å². The van der Waals surface area contributed by atoms with E-state index in [0.29, 0.717) is 5.92 Å². The minimum absolute atomic E-state index is 0.422. The number of hydrogen-bond donors (Lipinski definition) is 0. The van der Waals surface area contributed by atoms with Gasteiger partial charge in [-0.2, -0.15) is 0 Å². The molecule has 2 bridgehead atoms. The largest absolute Gasteiger partial charge is 0.247 e. The van der Waals surface area contributed by atoms with Crippen LogP contribution in [0.5, 0.6) is 0 Å². The molecule has 0 aromatic heterocycles. The minimum Gasteiger partial charge on any atom is -0.247 e. The molecule has 2 fully saturated rings. The number of hydrogen-bond acceptors (Lipinski definition) is 0. The highest BCUT2D eigenvalue weighted by atomic mass is 19.1. The lowest BCUT2D eigenvalue weighted by Crippen LogP contribution is -2.09. The molecule has 0 aliphatic heterocycles. The third-order valence-corrected chi connectivity index (χ3v) is 2.65. The molecule has 2 aliphatic carbocycles. The van der Waals surface area contributed by atoms with Gasteiger partial charge in [0.15, 0.2) is 0 Å². The van der Waals surface area contributed by atoms with E-state index in [1.165, 1.54) is 19.3 Å². The van der Waals surface area contributed by atoms with Gasteiger partial charge in [0.25, 0.3) is 0 Å². The Balaban J connectivity index is 2.11. The van der Waals surface area contributed by atoms with Gasteiger partial charge in [0.05, 0.1) is 0 Å². The molecule has 0 radical (unpaired) electrons. The van der Waals surface area contributed by atoms with Gasteiger partial charge in [-0.15, -0.1) is 0 Å². The lowest BCUT2D eigenvalue weighted by atomic mass is 9.99. The summed E-state index contributed by atoms with van der Waals surface area (Å²) in [6, 6.07) is 0. The highest BCUT2D eigenvalue weighted by Gasteiger charge is 2.39. The first-order valence-electron chi connectivity index (χ1n) is 3.50. The molecular formula is C7H11F. The van der Waals surface area contributed by atoms with Crippen molar-refractivity contribution in [2.45, 2.75) is 31.9 Å². The summed E-state index contributed by atoms with van der Waals surface area (Å²) in [5.41, 5.74) is 0. The van der Waals surface area contributed by atoms with Crippen LogP contribution in [0.2, 0.25) is 0 Å². The topological polar surface area (TPSA) is 0 Å². The van der Waals surface area contributed by atoms with Gasteiger partial charge < -0.3 is 0 Å². The molecule has 0 N–H and O–H groups in total. The normalized spacial score (nSPS) is 52.9. The summed E-state index contributed by atoms with van der Waals surface area (Å²) in [4.78, 5) is 0. The zero-order chi connectivity index (χ0) is 5.56. The average Bonchev–Trinajstić information content (AvgIpc) is 2.23. The van der Waals surface area contributed by atoms with Gasteiger partial charge in [0, 0.05) is 0 Å². The molecule has 0 aromatic rings. The maximum atomic E-state index is 12.6. The second-order valence-corrected chi connectivity index (χ2v) is 3.19. The second-order valence-electron chi connectivity index (χ2n) is 3.19. The number of alkyl halides is 1. The van der Waals surface area contributed by atoms with Crippen LogP contribution in [0.25, 0.3) is 0 Å². The van der Waals surface area contributed by atoms with E-state index in [9.17, 15) is 4.39 Å². The van der Waals surface area contributed by atoms with Gasteiger partial charge >= 0.3 is 0 Å². The molecule has 0 saturated heterocycles. The molecule has 3 atom stereocenters. The molecule has 0 unspecified atom stereocenters. The third kappa shape index (κ3) is 0.503. The summed E-state index contributed by atoms with van der Waals surface area (Å²) in [6.07, 6.45) is 4.14. The molecule has 0 heterocycles. The molecule has 1 heteroatoms. The van der Waals surface area contributed by atoms with Gasteiger partial charge in [0.1, 0.15) is 6.17 Å². The highest BCUT2D eigenvalue weighted by molar-refractivity contribution is 4.89. The Kier molecular flexibility index (Phi) is 0.870. The van der Waals surface area contributed by atoms with Crippen molar-refractivity contribution in [1.29, 1.82) is 0 Å². The zero-order valence-electron chi connectivity index (χ0n) is 4.94. The first-order valence-corrected chi connectivity index (χ1v) is 3.50. The summed E-state index contributed by atoms with van der Waals surface area (Å²) in [5, 5.41) is 0. The predicted octanol–water partition coefficient (Wildman–Crippen LogP) is 2.14. The highest BCUT2D eigenvalue weighted by Crippen LogP contribution is 2.45. The average molecular weight is 114 g/mol. The zero-order valence-corrected chi connectivity index (χ0v) is 4.94. The second kappa shape index (κ2) is 1.46. The van der Waals surface area contributed by atoms with Crippen LogP contribution in [0.15, 0.2) is 0 Å². The number of fused-ring (bicyclic) bond motifs is 2. The van der Waals surface area contributed by atoms with Gasteiger partial charge in [-0.3, -0.25) is 0 Å². The fraction of sp³-hybridized carbons (Fsp3) is 1.00. The van der Waals surface area contributed by atoms with Crippen molar-refractivity contribution in [1.82, 2.24) is 0 Å². The van der Waals surface area contributed by atoms with Crippen LogP contribution in [0.1, 0.15) is 25.7 Å². The first kappa shape index (κ1) is 4.78. The monoisotopic (exact) mass is 114 g/mol. The quantitative estimate of drug-likeness (QED) is 0.452. The smallest absolute Gasteiger partial charge is 0.103 e.